The summed E-state index contributed by atoms with van der Waals surface area (Å²) in [7, 11) is 0. The smallest absolute Gasteiger partial charge is 0.390 e. The van der Waals surface area contributed by atoms with Crippen LogP contribution in [0.25, 0.3) is 0 Å². The molecule has 0 rings (SSSR count). The van der Waals surface area contributed by atoms with Gasteiger partial charge in [-0.05, 0) is 0 Å². The minimum absolute atomic E-state index is 0.660. The Morgan fingerprint density at radius 2 is 1.88 bits per heavy atom. The number of aliphatic hydroxyl groups is 1. The van der Waals surface area contributed by atoms with E-state index in [0.29, 0.717) is 0 Å². The van der Waals surface area contributed by atoms with Crippen LogP contribution < -0.4 is 10.6 Å². The molecule has 0 bridgehead atoms. The normalized spacial score (nSPS) is 13.0. The zero-order chi connectivity index (χ0) is 12.8. The minimum Gasteiger partial charge on any atom is -0.480 e. The van der Waals surface area contributed by atoms with Crippen LogP contribution in [0.1, 0.15) is 6.42 Å². The Balaban J connectivity index is 3.86. The second-order valence-corrected chi connectivity index (χ2v) is 2.84. The van der Waals surface area contributed by atoms with Crippen LogP contribution in [0.5, 0.6) is 0 Å². The first-order chi connectivity index (χ1) is 7.26. The Hall–Kier alpha value is -1.51. The van der Waals surface area contributed by atoms with Gasteiger partial charge in [-0.2, -0.15) is 13.2 Å². The molecular formula is C7H11F3N2O4. The van der Waals surface area contributed by atoms with Gasteiger partial charge in [0.2, 0.25) is 0 Å². The van der Waals surface area contributed by atoms with Gasteiger partial charge in [0, 0.05) is 6.54 Å². The van der Waals surface area contributed by atoms with Crippen LogP contribution in [0.15, 0.2) is 0 Å². The van der Waals surface area contributed by atoms with E-state index in [-0.39, 0.29) is 0 Å². The third-order valence-corrected chi connectivity index (χ3v) is 1.48. The summed E-state index contributed by atoms with van der Waals surface area (Å²) >= 11 is 0. The fraction of sp³-hybridized carbons (Fsp3) is 0.714. The quantitative estimate of drug-likeness (QED) is 0.532. The van der Waals surface area contributed by atoms with Crippen molar-refractivity contribution in [3.63, 3.8) is 0 Å². The first-order valence-corrected chi connectivity index (χ1v) is 4.21. The molecule has 0 aliphatic heterocycles. The molecule has 0 aliphatic rings. The number of carboxylic acids is 1. The van der Waals surface area contributed by atoms with E-state index in [1.54, 1.807) is 5.32 Å². The van der Waals surface area contributed by atoms with Crippen molar-refractivity contribution in [1.82, 2.24) is 10.6 Å². The monoisotopic (exact) mass is 244 g/mol. The zero-order valence-electron chi connectivity index (χ0n) is 8.04. The number of hydrogen-bond donors (Lipinski definition) is 4. The predicted octanol–water partition coefficient (Wildman–Crippen LogP) is -0.316. The largest absolute Gasteiger partial charge is 0.480 e. The molecule has 0 aromatic rings. The van der Waals surface area contributed by atoms with E-state index in [1.165, 1.54) is 0 Å². The van der Waals surface area contributed by atoms with Gasteiger partial charge in [-0.3, -0.25) is 0 Å². The topological polar surface area (TPSA) is 98.7 Å². The fourth-order valence-electron chi connectivity index (χ4n) is 0.713. The Bertz CT molecular complexity index is 257. The van der Waals surface area contributed by atoms with Gasteiger partial charge in [-0.1, -0.05) is 0 Å². The van der Waals surface area contributed by atoms with Crippen molar-refractivity contribution in [3.8, 4) is 0 Å². The third kappa shape index (κ3) is 6.87. The molecule has 0 aliphatic carbocycles. The first kappa shape index (κ1) is 14.5. The third-order valence-electron chi connectivity index (χ3n) is 1.48. The van der Waals surface area contributed by atoms with Crippen molar-refractivity contribution < 1.29 is 33.0 Å². The van der Waals surface area contributed by atoms with Crippen molar-refractivity contribution in [1.29, 1.82) is 0 Å². The molecular weight excluding hydrogens is 233 g/mol. The van der Waals surface area contributed by atoms with Gasteiger partial charge in [0.05, 0.1) is 13.0 Å². The summed E-state index contributed by atoms with van der Waals surface area (Å²) < 4.78 is 35.0. The average molecular weight is 244 g/mol. The van der Waals surface area contributed by atoms with Crippen molar-refractivity contribution in [2.45, 2.75) is 18.6 Å². The standard InChI is InChI=1S/C7H11F3N2O4/c8-7(9,10)1-2-11-6(16)12-4(3-13)5(14)15/h4,13H,1-3H2,(H,14,15)(H2,11,12,16)/t4-/m0/s1. The average Bonchev–Trinajstić information content (AvgIpc) is 2.11. The fourth-order valence-corrected chi connectivity index (χ4v) is 0.713. The lowest BCUT2D eigenvalue weighted by molar-refractivity contribution is -0.140. The summed E-state index contributed by atoms with van der Waals surface area (Å²) in [4.78, 5) is 21.2. The second-order valence-electron chi connectivity index (χ2n) is 2.84. The second kappa shape index (κ2) is 6.16. The van der Waals surface area contributed by atoms with E-state index in [0.717, 1.165) is 0 Å². The SMILES string of the molecule is O=C(NCCC(F)(F)F)N[C@@H](CO)C(=O)O. The Kier molecular flexibility index (Phi) is 5.57. The number of carbonyl (C=O) groups is 2. The van der Waals surface area contributed by atoms with Gasteiger partial charge in [0.1, 0.15) is 0 Å². The van der Waals surface area contributed by atoms with E-state index >= 15 is 0 Å². The molecule has 2 amide bonds. The highest BCUT2D eigenvalue weighted by atomic mass is 19.4. The molecule has 0 unspecified atom stereocenters. The van der Waals surface area contributed by atoms with Gasteiger partial charge >= 0.3 is 18.2 Å². The molecule has 9 heteroatoms. The molecule has 0 spiro atoms. The Morgan fingerprint density at radius 3 is 2.25 bits per heavy atom. The van der Waals surface area contributed by atoms with E-state index < -0.39 is 43.8 Å². The first-order valence-electron chi connectivity index (χ1n) is 4.21. The van der Waals surface area contributed by atoms with E-state index in [9.17, 15) is 22.8 Å². The van der Waals surface area contributed by atoms with Crippen LogP contribution in [0.2, 0.25) is 0 Å². The summed E-state index contributed by atoms with van der Waals surface area (Å²) in [5, 5.41) is 20.5. The van der Waals surface area contributed by atoms with Gasteiger partial charge in [-0.15, -0.1) is 0 Å². The molecule has 0 saturated carbocycles. The van der Waals surface area contributed by atoms with Crippen LogP contribution in [0.3, 0.4) is 0 Å². The molecule has 16 heavy (non-hydrogen) atoms. The summed E-state index contributed by atoms with van der Waals surface area (Å²) in [5.74, 6) is -1.48. The lowest BCUT2D eigenvalue weighted by Crippen LogP contribution is -2.48. The van der Waals surface area contributed by atoms with Crippen LogP contribution in [-0.2, 0) is 4.79 Å². The number of aliphatic carboxylic acids is 1. The summed E-state index contributed by atoms with van der Waals surface area (Å²) in [6.45, 7) is -1.50. The van der Waals surface area contributed by atoms with Crippen LogP contribution in [0.4, 0.5) is 18.0 Å². The Labute approximate surface area is 88.4 Å². The maximum absolute atomic E-state index is 11.7. The summed E-state index contributed by atoms with van der Waals surface area (Å²) in [6.07, 6.45) is -5.60. The zero-order valence-corrected chi connectivity index (χ0v) is 8.04. The van der Waals surface area contributed by atoms with Gasteiger partial charge in [0.15, 0.2) is 6.04 Å². The lowest BCUT2D eigenvalue weighted by Gasteiger charge is -2.13. The number of nitrogens with one attached hydrogen (secondary N) is 2. The summed E-state index contributed by atoms with van der Waals surface area (Å²) in [6, 6.07) is -2.61. The van der Waals surface area contributed by atoms with Crippen molar-refractivity contribution in [2.75, 3.05) is 13.2 Å². The number of amides is 2. The molecule has 1 atom stereocenters. The highest BCUT2D eigenvalue weighted by Gasteiger charge is 2.27. The molecule has 94 valence electrons. The molecule has 0 aromatic heterocycles. The van der Waals surface area contributed by atoms with Crippen LogP contribution in [0, 0.1) is 0 Å². The molecule has 6 nitrogen and oxygen atoms in total. The van der Waals surface area contributed by atoms with E-state index in [4.69, 9.17) is 10.2 Å². The molecule has 0 aromatic carbocycles. The lowest BCUT2D eigenvalue weighted by atomic mass is 10.3. The number of urea groups is 1. The van der Waals surface area contributed by atoms with E-state index in [1.807, 2.05) is 5.32 Å². The van der Waals surface area contributed by atoms with Gasteiger partial charge in [-0.25, -0.2) is 9.59 Å². The molecule has 0 radical (unpaired) electrons. The van der Waals surface area contributed by atoms with Crippen LogP contribution in [-0.4, -0.2) is 47.6 Å². The van der Waals surface area contributed by atoms with Crippen molar-refractivity contribution >= 4 is 12.0 Å². The predicted molar refractivity (Wildman–Crippen MR) is 45.7 cm³/mol. The maximum atomic E-state index is 11.7. The van der Waals surface area contributed by atoms with Crippen molar-refractivity contribution in [2.24, 2.45) is 0 Å². The number of halogens is 3. The highest BCUT2D eigenvalue weighted by Crippen LogP contribution is 2.17. The Morgan fingerprint density at radius 1 is 1.31 bits per heavy atom. The number of alkyl halides is 3. The minimum atomic E-state index is -4.39. The number of aliphatic hydroxyl groups excluding tert-OH is 1. The number of carbonyl (C=O) groups excluding carboxylic acids is 1. The number of hydrogen-bond acceptors (Lipinski definition) is 3. The highest BCUT2D eigenvalue weighted by molar-refractivity contribution is 5.82. The summed E-state index contributed by atoms with van der Waals surface area (Å²) in [5.41, 5.74) is 0. The number of carboxylic acid groups (broad SMARTS) is 1. The molecule has 0 saturated heterocycles. The number of rotatable bonds is 5. The molecule has 4 N–H and O–H groups in total. The van der Waals surface area contributed by atoms with E-state index in [2.05, 4.69) is 0 Å². The maximum Gasteiger partial charge on any atom is 0.390 e. The van der Waals surface area contributed by atoms with Gasteiger partial charge in [0.25, 0.3) is 0 Å². The molecule has 0 heterocycles. The molecule has 0 fully saturated rings. The van der Waals surface area contributed by atoms with Crippen LogP contribution >= 0.6 is 0 Å². The van der Waals surface area contributed by atoms with Gasteiger partial charge < -0.3 is 20.8 Å². The van der Waals surface area contributed by atoms with Crippen molar-refractivity contribution in [3.05, 3.63) is 0 Å².